The molecule has 0 aromatic rings. The van der Waals surface area contributed by atoms with E-state index in [-0.39, 0.29) is 104 Å². The van der Waals surface area contributed by atoms with E-state index in [1.54, 1.807) is 0 Å². The quantitative estimate of drug-likeness (QED) is 0.529. The van der Waals surface area contributed by atoms with Crippen molar-refractivity contribution >= 4 is 11.8 Å². The van der Waals surface area contributed by atoms with Crippen LogP contribution in [0.25, 0.3) is 0 Å². The van der Waals surface area contributed by atoms with E-state index in [4.69, 9.17) is 0 Å². The Morgan fingerprint density at radius 2 is 1.57 bits per heavy atom. The molecule has 5 aliphatic carbocycles. The molecule has 0 unspecified atom stereocenters. The molecule has 2 N–H and O–H groups in total. The molecule has 9 atom stereocenters. The van der Waals surface area contributed by atoms with Crippen LogP contribution in [0.2, 0.25) is 0 Å². The van der Waals surface area contributed by atoms with Gasteiger partial charge < -0.3 is 11.6 Å². The summed E-state index contributed by atoms with van der Waals surface area (Å²) in [6.07, 6.45) is 9.95. The number of carbonyl (C=O) groups is 2. The Bertz CT molecular complexity index is 978. The molecule has 0 bridgehead atoms. The van der Waals surface area contributed by atoms with Crippen molar-refractivity contribution in [3.63, 3.8) is 0 Å². The molecule has 0 heterocycles. The number of hydrogen-bond acceptors (Lipinski definition) is 3. The molecular formula is C30H47KO4. The number of carboxylic acids is 1. The predicted octanol–water partition coefficient (Wildman–Crippen LogP) is 3.53. The predicted molar refractivity (Wildman–Crippen MR) is 134 cm³/mol. The van der Waals surface area contributed by atoms with Crippen LogP contribution in [0.5, 0.6) is 0 Å². The molecule has 5 rings (SSSR count). The van der Waals surface area contributed by atoms with Gasteiger partial charge in [-0.1, -0.05) is 47.1 Å². The van der Waals surface area contributed by atoms with Crippen molar-refractivity contribution in [1.29, 1.82) is 0 Å². The third kappa shape index (κ3) is 3.60. The molecule has 0 amide bonds. The minimum atomic E-state index is -0.711. The number of aliphatic carboxylic acids is 1. The summed E-state index contributed by atoms with van der Waals surface area (Å²) in [6, 6.07) is 0. The number of ketones is 1. The Labute approximate surface area is 256 Å². The maximum Gasteiger partial charge on any atom is 1.00 e. The van der Waals surface area contributed by atoms with E-state index >= 15 is 0 Å². The second-order valence-electron chi connectivity index (χ2n) is 14.9. The van der Waals surface area contributed by atoms with Gasteiger partial charge >= 0.3 is 57.4 Å². The van der Waals surface area contributed by atoms with Gasteiger partial charge in [0.1, 0.15) is 0 Å². The van der Waals surface area contributed by atoms with Crippen molar-refractivity contribution in [3.8, 4) is 0 Å². The van der Waals surface area contributed by atoms with Crippen molar-refractivity contribution in [1.82, 2.24) is 0 Å². The standard InChI is InChI=1S/C30H46O4.K.H/c1-25(2)21-8-11-30(7)23(28(21,5)10-9-22(25)32)20(31)16-18-19-17-27(4,24(33)34)13-12-26(19,3)14-15-29(18,30)6;;/h16,19,21-23,32H,8-15,17H2,1-7H3,(H,33,34);;/q;+1;-1/t19-,21-,22-,23+,26+,27-,28-,29+,30+;;/m0../s1. The van der Waals surface area contributed by atoms with Crippen molar-refractivity contribution < 1.29 is 72.6 Å². The zero-order valence-corrected chi connectivity index (χ0v) is 26.6. The number of aliphatic hydroxyl groups excluding tert-OH is 1. The van der Waals surface area contributed by atoms with Gasteiger partial charge in [0.15, 0.2) is 5.78 Å². The van der Waals surface area contributed by atoms with Gasteiger partial charge in [-0.05, 0) is 110 Å². The van der Waals surface area contributed by atoms with Crippen LogP contribution in [0.15, 0.2) is 11.6 Å². The molecule has 5 aliphatic rings. The summed E-state index contributed by atoms with van der Waals surface area (Å²) in [4.78, 5) is 26.4. The van der Waals surface area contributed by atoms with E-state index in [0.717, 1.165) is 51.4 Å². The largest absolute Gasteiger partial charge is 1.00 e. The summed E-state index contributed by atoms with van der Waals surface area (Å²) in [7, 11) is 0. The van der Waals surface area contributed by atoms with Crippen LogP contribution in [0, 0.1) is 50.2 Å². The van der Waals surface area contributed by atoms with Crippen molar-refractivity contribution in [2.75, 3.05) is 0 Å². The number of carbonyl (C=O) groups excluding carboxylic acids is 1. The fraction of sp³-hybridized carbons (Fsp3) is 0.867. The van der Waals surface area contributed by atoms with Crippen molar-refractivity contribution in [2.24, 2.45) is 50.2 Å². The molecular weight excluding hydrogens is 463 g/mol. The molecule has 0 radical (unpaired) electrons. The SMILES string of the molecule is CC1(C)[C@@H](O)CC[C@]2(C)[C@H]3C(=O)C=C4[C@@H]5C[C@@](C)(C(=O)O)CC[C@]5(C)CC[C@@]4(C)[C@]3(C)CC[C@@H]12.[H-].[K+]. The Morgan fingerprint density at radius 1 is 0.943 bits per heavy atom. The first-order chi connectivity index (χ1) is 15.6. The zero-order chi connectivity index (χ0) is 25.1. The van der Waals surface area contributed by atoms with Gasteiger partial charge in [-0.2, -0.15) is 0 Å². The van der Waals surface area contributed by atoms with E-state index in [0.29, 0.717) is 12.3 Å². The van der Waals surface area contributed by atoms with Crippen LogP contribution < -0.4 is 51.4 Å². The molecule has 4 saturated carbocycles. The van der Waals surface area contributed by atoms with Crippen molar-refractivity contribution in [3.05, 3.63) is 11.6 Å². The average molecular weight is 511 g/mol. The Morgan fingerprint density at radius 3 is 2.20 bits per heavy atom. The van der Waals surface area contributed by atoms with E-state index in [9.17, 15) is 19.8 Å². The fourth-order valence-corrected chi connectivity index (χ4v) is 10.4. The smallest absolute Gasteiger partial charge is 1.00 e. The van der Waals surface area contributed by atoms with Crippen LogP contribution in [-0.4, -0.2) is 28.1 Å². The maximum absolute atomic E-state index is 14.2. The van der Waals surface area contributed by atoms with Crippen LogP contribution in [0.1, 0.15) is 108 Å². The van der Waals surface area contributed by atoms with E-state index in [1.165, 1.54) is 5.57 Å². The minimum Gasteiger partial charge on any atom is -1.00 e. The number of carboxylic acid groups (broad SMARTS) is 1. The van der Waals surface area contributed by atoms with Gasteiger partial charge in [0, 0.05) is 5.92 Å². The second-order valence-corrected chi connectivity index (χ2v) is 14.9. The second kappa shape index (κ2) is 8.49. The normalized spacial score (nSPS) is 52.6. The molecule has 4 fully saturated rings. The van der Waals surface area contributed by atoms with E-state index in [2.05, 4.69) is 41.5 Å². The van der Waals surface area contributed by atoms with Crippen LogP contribution in [-0.2, 0) is 9.59 Å². The molecule has 0 aliphatic heterocycles. The number of fused-ring (bicyclic) bond motifs is 7. The third-order valence-electron chi connectivity index (χ3n) is 13.1. The molecule has 0 saturated heterocycles. The number of aliphatic hydroxyl groups is 1. The summed E-state index contributed by atoms with van der Waals surface area (Å²) < 4.78 is 0. The summed E-state index contributed by atoms with van der Waals surface area (Å²) in [6.45, 7) is 15.8. The topological polar surface area (TPSA) is 74.6 Å². The van der Waals surface area contributed by atoms with Crippen molar-refractivity contribution in [2.45, 2.75) is 112 Å². The van der Waals surface area contributed by atoms with Crippen LogP contribution >= 0.6 is 0 Å². The van der Waals surface area contributed by atoms with E-state index in [1.807, 2.05) is 13.0 Å². The van der Waals surface area contributed by atoms with Gasteiger partial charge in [0.25, 0.3) is 0 Å². The number of hydrogen-bond donors (Lipinski definition) is 2. The molecule has 35 heavy (non-hydrogen) atoms. The molecule has 0 aromatic heterocycles. The number of rotatable bonds is 1. The first kappa shape index (κ1) is 28.5. The van der Waals surface area contributed by atoms with Gasteiger partial charge in [-0.15, -0.1) is 0 Å². The van der Waals surface area contributed by atoms with Gasteiger partial charge in [0.05, 0.1) is 11.5 Å². The molecule has 0 aromatic carbocycles. The van der Waals surface area contributed by atoms with Crippen LogP contribution in [0.3, 0.4) is 0 Å². The molecule has 5 heteroatoms. The summed E-state index contributed by atoms with van der Waals surface area (Å²) in [5.41, 5.74) is 0.142. The monoisotopic (exact) mass is 510 g/mol. The fourth-order valence-electron chi connectivity index (χ4n) is 10.4. The first-order valence-corrected chi connectivity index (χ1v) is 13.7. The molecule has 192 valence electrons. The Hall–Kier alpha value is 0.476. The van der Waals surface area contributed by atoms with Crippen LogP contribution in [0.4, 0.5) is 0 Å². The minimum absolute atomic E-state index is 0. The van der Waals surface area contributed by atoms with E-state index < -0.39 is 11.4 Å². The Kier molecular flexibility index (Phi) is 6.91. The third-order valence-corrected chi connectivity index (χ3v) is 13.1. The summed E-state index contributed by atoms with van der Waals surface area (Å²) >= 11 is 0. The van der Waals surface area contributed by atoms with Gasteiger partial charge in [0.2, 0.25) is 0 Å². The first-order valence-electron chi connectivity index (χ1n) is 13.7. The molecule has 0 spiro atoms. The molecule has 4 nitrogen and oxygen atoms in total. The van der Waals surface area contributed by atoms with Gasteiger partial charge in [-0.25, -0.2) is 0 Å². The number of allylic oxidation sites excluding steroid dienone is 2. The average Bonchev–Trinajstić information content (AvgIpc) is 2.73. The Balaban J connectivity index is 0.00000180. The summed E-state index contributed by atoms with van der Waals surface area (Å²) in [5, 5.41) is 20.9. The summed E-state index contributed by atoms with van der Waals surface area (Å²) in [5.74, 6) is 0.0603. The maximum atomic E-state index is 14.2. The van der Waals surface area contributed by atoms with Gasteiger partial charge in [-0.3, -0.25) is 9.59 Å². The zero-order valence-electron chi connectivity index (χ0n) is 24.5.